The summed E-state index contributed by atoms with van der Waals surface area (Å²) in [4.78, 5) is 0. The normalized spacial score (nSPS) is 16.8. The van der Waals surface area contributed by atoms with Crippen LogP contribution in [0.25, 0.3) is 0 Å². The smallest absolute Gasteiger partial charge is 0.493 e. The van der Waals surface area contributed by atoms with E-state index < -0.39 is 12.4 Å². The summed E-state index contributed by atoms with van der Waals surface area (Å²) in [5.41, 5.74) is -0.589. The van der Waals surface area contributed by atoms with Crippen LogP contribution in [0.4, 0.5) is 12.9 Å². The third-order valence-corrected chi connectivity index (χ3v) is 3.08. The first-order valence-corrected chi connectivity index (χ1v) is 6.06. The Bertz CT molecular complexity index is 378. The summed E-state index contributed by atoms with van der Waals surface area (Å²) in [7, 11) is 0. The Morgan fingerprint density at radius 2 is 1.68 bits per heavy atom. The maximum Gasteiger partial charge on any atom is 1.00 e. The zero-order chi connectivity index (χ0) is 13.0. The molecule has 1 aliphatic rings. The van der Waals surface area contributed by atoms with Crippen molar-refractivity contribution in [2.24, 2.45) is 5.92 Å². The third-order valence-electron chi connectivity index (χ3n) is 3.08. The van der Waals surface area contributed by atoms with Crippen molar-refractivity contribution in [2.45, 2.75) is 12.8 Å². The first kappa shape index (κ1) is 17.5. The Morgan fingerprint density at radius 1 is 1.11 bits per heavy atom. The van der Waals surface area contributed by atoms with E-state index in [1.165, 1.54) is 12.1 Å². The van der Waals surface area contributed by atoms with Crippen molar-refractivity contribution in [3.05, 3.63) is 24.3 Å². The molecule has 2 rings (SSSR count). The van der Waals surface area contributed by atoms with E-state index in [4.69, 9.17) is 9.47 Å². The summed E-state index contributed by atoms with van der Waals surface area (Å²) >= 11 is 0. The predicted octanol–water partition coefficient (Wildman–Crippen LogP) is -0.450. The molecule has 0 bridgehead atoms. The Hall–Kier alpha value is 0.471. The number of halogens is 3. The molecule has 19 heavy (non-hydrogen) atoms. The summed E-state index contributed by atoms with van der Waals surface area (Å²) in [5, 5.41) is 0. The van der Waals surface area contributed by atoms with Crippen LogP contribution in [-0.2, 0) is 4.74 Å². The summed E-state index contributed by atoms with van der Waals surface area (Å²) in [5.74, 6) is 0.926. The van der Waals surface area contributed by atoms with Gasteiger partial charge in [0.05, 0.1) is 6.61 Å². The van der Waals surface area contributed by atoms with Gasteiger partial charge in [-0.3, -0.25) is 0 Å². The molecule has 100 valence electrons. The summed E-state index contributed by atoms with van der Waals surface area (Å²) in [6, 6.07) is 4.90. The number of benzene rings is 1. The molecule has 1 aromatic carbocycles. The largest absolute Gasteiger partial charge is 1.00 e. The predicted molar refractivity (Wildman–Crippen MR) is 64.2 cm³/mol. The zero-order valence-electron chi connectivity index (χ0n) is 11.0. The fourth-order valence-corrected chi connectivity index (χ4v) is 1.91. The first-order valence-electron chi connectivity index (χ1n) is 6.06. The van der Waals surface area contributed by atoms with Gasteiger partial charge in [-0.1, -0.05) is 12.1 Å². The van der Waals surface area contributed by atoms with Crippen LogP contribution in [0, 0.1) is 5.92 Å². The van der Waals surface area contributed by atoms with Crippen LogP contribution in [0.1, 0.15) is 12.8 Å². The van der Waals surface area contributed by atoms with Gasteiger partial charge in [0.25, 0.3) is 0 Å². The van der Waals surface area contributed by atoms with E-state index in [9.17, 15) is 12.9 Å². The van der Waals surface area contributed by atoms with Crippen LogP contribution >= 0.6 is 0 Å². The van der Waals surface area contributed by atoms with Gasteiger partial charge in [0.1, 0.15) is 5.75 Å². The Kier molecular flexibility index (Phi) is 7.42. The fraction of sp³-hybridized carbons (Fsp3) is 0.500. The van der Waals surface area contributed by atoms with Gasteiger partial charge in [-0.15, -0.1) is 5.46 Å². The van der Waals surface area contributed by atoms with Crippen LogP contribution in [0.15, 0.2) is 24.3 Å². The SMILES string of the molecule is F[B-](F)(F)c1ccc(OCC2CCOCC2)cc1.[K+]. The monoisotopic (exact) mass is 298 g/mol. The van der Waals surface area contributed by atoms with E-state index in [2.05, 4.69) is 0 Å². The minimum atomic E-state index is -4.92. The zero-order valence-corrected chi connectivity index (χ0v) is 14.1. The summed E-state index contributed by atoms with van der Waals surface area (Å²) < 4.78 is 47.9. The maximum absolute atomic E-state index is 12.4. The molecule has 0 saturated carbocycles. The van der Waals surface area contributed by atoms with Crippen molar-refractivity contribution in [1.29, 1.82) is 0 Å². The van der Waals surface area contributed by atoms with Crippen LogP contribution in [0.3, 0.4) is 0 Å². The number of hydrogen-bond acceptors (Lipinski definition) is 2. The summed E-state index contributed by atoms with van der Waals surface area (Å²) in [6.45, 7) is -2.90. The molecule has 0 unspecified atom stereocenters. The molecule has 0 radical (unpaired) electrons. The maximum atomic E-state index is 12.4. The molecule has 1 aromatic rings. The molecule has 0 spiro atoms. The molecule has 0 aliphatic carbocycles. The van der Waals surface area contributed by atoms with Crippen LogP contribution in [0.5, 0.6) is 5.75 Å². The molecule has 2 nitrogen and oxygen atoms in total. The van der Waals surface area contributed by atoms with Crippen LogP contribution in [0.2, 0.25) is 0 Å². The second-order valence-electron chi connectivity index (χ2n) is 4.51. The molecule has 0 atom stereocenters. The van der Waals surface area contributed by atoms with Gasteiger partial charge in [-0.25, -0.2) is 0 Å². The van der Waals surface area contributed by atoms with Crippen LogP contribution < -0.4 is 61.6 Å². The van der Waals surface area contributed by atoms with E-state index in [0.29, 0.717) is 18.3 Å². The van der Waals surface area contributed by atoms with Gasteiger partial charge < -0.3 is 22.4 Å². The van der Waals surface area contributed by atoms with Crippen molar-refractivity contribution < 1.29 is 73.8 Å². The molecule has 1 aliphatic heterocycles. The quantitative estimate of drug-likeness (QED) is 0.701. The van der Waals surface area contributed by atoms with Crippen LogP contribution in [-0.4, -0.2) is 26.8 Å². The van der Waals surface area contributed by atoms with E-state index in [-0.39, 0.29) is 51.4 Å². The average Bonchev–Trinajstić information content (AvgIpc) is 2.37. The number of ether oxygens (including phenoxy) is 2. The van der Waals surface area contributed by atoms with Gasteiger partial charge in [0, 0.05) is 13.2 Å². The van der Waals surface area contributed by atoms with E-state index in [0.717, 1.165) is 38.2 Å². The van der Waals surface area contributed by atoms with Crippen molar-refractivity contribution >= 4 is 12.4 Å². The fourth-order valence-electron chi connectivity index (χ4n) is 1.91. The van der Waals surface area contributed by atoms with Crippen molar-refractivity contribution in [3.8, 4) is 5.75 Å². The molecule has 1 heterocycles. The third kappa shape index (κ3) is 5.77. The summed E-state index contributed by atoms with van der Waals surface area (Å²) in [6.07, 6.45) is 1.90. The molecular weight excluding hydrogens is 283 g/mol. The molecular formula is C12H15BF3KO2. The molecule has 0 N–H and O–H groups in total. The van der Waals surface area contributed by atoms with Crippen molar-refractivity contribution in [1.82, 2.24) is 0 Å². The van der Waals surface area contributed by atoms with E-state index in [1.807, 2.05) is 0 Å². The Balaban J connectivity index is 0.00000180. The molecule has 1 saturated heterocycles. The van der Waals surface area contributed by atoms with Crippen molar-refractivity contribution in [2.75, 3.05) is 19.8 Å². The number of hydrogen-bond donors (Lipinski definition) is 0. The second kappa shape index (κ2) is 8.05. The van der Waals surface area contributed by atoms with Gasteiger partial charge in [-0.2, -0.15) is 0 Å². The minimum absolute atomic E-state index is 0. The standard InChI is InChI=1S/C12H15BF3O2.K/c14-13(15,16)11-1-3-12(4-2-11)18-9-10-5-7-17-8-6-10;/h1-4,10H,5-9H2;/q-1;+1. The van der Waals surface area contributed by atoms with Gasteiger partial charge >= 0.3 is 58.4 Å². The van der Waals surface area contributed by atoms with E-state index in [1.54, 1.807) is 0 Å². The Labute approximate surface area is 153 Å². The first-order chi connectivity index (χ1) is 8.55. The Morgan fingerprint density at radius 3 is 2.21 bits per heavy atom. The molecule has 0 aromatic heterocycles. The minimum Gasteiger partial charge on any atom is -0.493 e. The topological polar surface area (TPSA) is 18.5 Å². The number of rotatable bonds is 4. The molecule has 0 amide bonds. The van der Waals surface area contributed by atoms with Gasteiger partial charge in [0.15, 0.2) is 0 Å². The average molecular weight is 298 g/mol. The van der Waals surface area contributed by atoms with E-state index >= 15 is 0 Å². The van der Waals surface area contributed by atoms with Crippen molar-refractivity contribution in [3.63, 3.8) is 0 Å². The van der Waals surface area contributed by atoms with Gasteiger partial charge in [-0.05, 0) is 30.9 Å². The second-order valence-corrected chi connectivity index (χ2v) is 4.51. The molecule has 1 fully saturated rings. The van der Waals surface area contributed by atoms with Gasteiger partial charge in [0.2, 0.25) is 0 Å². The molecule has 7 heteroatoms.